The highest BCUT2D eigenvalue weighted by molar-refractivity contribution is 6.30. The lowest BCUT2D eigenvalue weighted by Gasteiger charge is -2.27. The lowest BCUT2D eigenvalue weighted by molar-refractivity contribution is 0.424. The number of nitrogens with zero attached hydrogens (tertiary/aromatic N) is 4. The maximum absolute atomic E-state index is 6.00. The second-order valence-corrected chi connectivity index (χ2v) is 6.77. The monoisotopic (exact) mass is 362 g/mol. The van der Waals surface area contributed by atoms with E-state index in [2.05, 4.69) is 15.0 Å². The lowest BCUT2D eigenvalue weighted by Crippen LogP contribution is -2.31. The number of hydrogen-bond acceptors (Lipinski definition) is 5. The van der Waals surface area contributed by atoms with Crippen LogP contribution < -0.4 is 4.90 Å². The minimum absolute atomic E-state index is 0.698. The molecule has 1 aliphatic rings. The standard InChI is InChI=1S/C20H15ClN4O/c21-14-7-5-13(6-8-14)20-15-12-25(10-9-16(15)24-26-20)19-11-22-17-3-1-2-4-18(17)23-19/h1-8,11H,9-10,12H2. The van der Waals surface area contributed by atoms with Gasteiger partial charge in [0.15, 0.2) is 5.76 Å². The van der Waals surface area contributed by atoms with Gasteiger partial charge in [0.25, 0.3) is 0 Å². The Morgan fingerprint density at radius 2 is 1.81 bits per heavy atom. The zero-order valence-corrected chi connectivity index (χ0v) is 14.6. The van der Waals surface area contributed by atoms with Gasteiger partial charge in [-0.1, -0.05) is 28.9 Å². The van der Waals surface area contributed by atoms with Gasteiger partial charge in [-0.3, -0.25) is 4.98 Å². The topological polar surface area (TPSA) is 55.1 Å². The summed E-state index contributed by atoms with van der Waals surface area (Å²) in [6.07, 6.45) is 2.66. The van der Waals surface area contributed by atoms with E-state index in [0.717, 1.165) is 52.4 Å². The molecule has 0 fully saturated rings. The van der Waals surface area contributed by atoms with E-state index < -0.39 is 0 Å². The Bertz CT molecular complexity index is 1090. The van der Waals surface area contributed by atoms with Gasteiger partial charge in [-0.25, -0.2) is 4.98 Å². The third-order valence-electron chi connectivity index (χ3n) is 4.70. The number of aromatic nitrogens is 3. The molecule has 0 N–H and O–H groups in total. The van der Waals surface area contributed by atoms with Crippen molar-refractivity contribution in [1.29, 1.82) is 0 Å². The Kier molecular flexibility index (Phi) is 3.60. The summed E-state index contributed by atoms with van der Waals surface area (Å²) in [6, 6.07) is 15.5. The van der Waals surface area contributed by atoms with Gasteiger partial charge in [0, 0.05) is 29.1 Å². The van der Waals surface area contributed by atoms with Crippen molar-refractivity contribution in [3.8, 4) is 11.3 Å². The molecule has 0 unspecified atom stereocenters. The summed E-state index contributed by atoms with van der Waals surface area (Å²) in [5.41, 5.74) is 4.91. The molecule has 0 saturated carbocycles. The smallest absolute Gasteiger partial charge is 0.172 e. The van der Waals surface area contributed by atoms with Crippen molar-refractivity contribution in [3.05, 3.63) is 71.0 Å². The fourth-order valence-electron chi connectivity index (χ4n) is 3.34. The molecule has 26 heavy (non-hydrogen) atoms. The molecule has 6 heteroatoms. The molecule has 0 atom stereocenters. The van der Waals surface area contributed by atoms with Crippen molar-refractivity contribution in [2.75, 3.05) is 11.4 Å². The Morgan fingerprint density at radius 1 is 1.00 bits per heavy atom. The molecule has 0 spiro atoms. The molecule has 5 nitrogen and oxygen atoms in total. The molecule has 4 aromatic rings. The molecule has 0 saturated heterocycles. The van der Waals surface area contributed by atoms with Crippen LogP contribution in [0.1, 0.15) is 11.3 Å². The van der Waals surface area contributed by atoms with Crippen molar-refractivity contribution in [2.45, 2.75) is 13.0 Å². The minimum Gasteiger partial charge on any atom is -0.356 e. The largest absolute Gasteiger partial charge is 0.356 e. The number of benzene rings is 2. The van der Waals surface area contributed by atoms with Crippen LogP contribution >= 0.6 is 11.6 Å². The summed E-state index contributed by atoms with van der Waals surface area (Å²) < 4.78 is 5.64. The highest BCUT2D eigenvalue weighted by Gasteiger charge is 2.25. The highest BCUT2D eigenvalue weighted by atomic mass is 35.5. The van der Waals surface area contributed by atoms with Crippen LogP contribution in [0.4, 0.5) is 5.82 Å². The van der Waals surface area contributed by atoms with E-state index in [9.17, 15) is 0 Å². The Labute approximate surface area is 155 Å². The predicted molar refractivity (Wildman–Crippen MR) is 101 cm³/mol. The van der Waals surface area contributed by atoms with E-state index in [1.807, 2.05) is 54.7 Å². The van der Waals surface area contributed by atoms with Gasteiger partial charge in [-0.15, -0.1) is 0 Å². The molecule has 5 rings (SSSR count). The first-order valence-corrected chi connectivity index (χ1v) is 8.86. The summed E-state index contributed by atoms with van der Waals surface area (Å²) >= 11 is 6.00. The van der Waals surface area contributed by atoms with E-state index in [1.165, 1.54) is 0 Å². The lowest BCUT2D eigenvalue weighted by atomic mass is 10.0. The molecule has 0 aliphatic carbocycles. The van der Waals surface area contributed by atoms with E-state index in [4.69, 9.17) is 21.1 Å². The van der Waals surface area contributed by atoms with Crippen LogP contribution in [-0.2, 0) is 13.0 Å². The van der Waals surface area contributed by atoms with Gasteiger partial charge in [0.2, 0.25) is 0 Å². The third kappa shape index (κ3) is 2.61. The van der Waals surface area contributed by atoms with Crippen LogP contribution in [0.15, 0.2) is 59.3 Å². The second kappa shape index (κ2) is 6.11. The summed E-state index contributed by atoms with van der Waals surface area (Å²) in [5.74, 6) is 1.67. The van der Waals surface area contributed by atoms with Crippen molar-refractivity contribution >= 4 is 28.5 Å². The van der Waals surface area contributed by atoms with Gasteiger partial charge >= 0.3 is 0 Å². The average molecular weight is 363 g/mol. The number of fused-ring (bicyclic) bond motifs is 2. The summed E-state index contributed by atoms with van der Waals surface area (Å²) in [4.78, 5) is 11.5. The Balaban J connectivity index is 1.50. The van der Waals surface area contributed by atoms with Gasteiger partial charge in [-0.05, 0) is 36.4 Å². The normalized spacial score (nSPS) is 13.8. The predicted octanol–water partition coefficient (Wildman–Crippen LogP) is 4.50. The van der Waals surface area contributed by atoms with Crippen LogP contribution in [0.3, 0.4) is 0 Å². The average Bonchev–Trinajstić information content (AvgIpc) is 3.11. The van der Waals surface area contributed by atoms with Gasteiger partial charge in [0.1, 0.15) is 5.82 Å². The maximum Gasteiger partial charge on any atom is 0.172 e. The zero-order valence-electron chi connectivity index (χ0n) is 13.9. The fraction of sp³-hybridized carbons (Fsp3) is 0.150. The quantitative estimate of drug-likeness (QED) is 0.525. The highest BCUT2D eigenvalue weighted by Crippen LogP contribution is 2.32. The van der Waals surface area contributed by atoms with Crippen LogP contribution in [0.5, 0.6) is 0 Å². The number of halogens is 1. The molecule has 0 amide bonds. The number of rotatable bonds is 2. The first-order valence-electron chi connectivity index (χ1n) is 8.48. The van der Waals surface area contributed by atoms with Crippen molar-refractivity contribution in [2.24, 2.45) is 0 Å². The minimum atomic E-state index is 0.698. The summed E-state index contributed by atoms with van der Waals surface area (Å²) in [5, 5.41) is 4.97. The molecule has 128 valence electrons. The molecular formula is C20H15ClN4O. The third-order valence-corrected chi connectivity index (χ3v) is 4.96. The molecule has 1 aliphatic heterocycles. The molecule has 3 heterocycles. The first-order chi connectivity index (χ1) is 12.8. The van der Waals surface area contributed by atoms with Crippen molar-refractivity contribution in [3.63, 3.8) is 0 Å². The number of hydrogen-bond donors (Lipinski definition) is 0. The van der Waals surface area contributed by atoms with E-state index >= 15 is 0 Å². The van der Waals surface area contributed by atoms with E-state index in [1.54, 1.807) is 0 Å². The second-order valence-electron chi connectivity index (χ2n) is 6.33. The molecule has 0 radical (unpaired) electrons. The Hall–Kier alpha value is -2.92. The molecule has 2 aromatic carbocycles. The van der Waals surface area contributed by atoms with Crippen LogP contribution in [0.2, 0.25) is 5.02 Å². The van der Waals surface area contributed by atoms with E-state index in [0.29, 0.717) is 11.6 Å². The molecule has 0 bridgehead atoms. The number of para-hydroxylation sites is 2. The maximum atomic E-state index is 6.00. The number of anilines is 1. The van der Waals surface area contributed by atoms with Crippen LogP contribution in [-0.4, -0.2) is 21.7 Å². The zero-order chi connectivity index (χ0) is 17.5. The summed E-state index contributed by atoms with van der Waals surface area (Å²) in [7, 11) is 0. The molecular weight excluding hydrogens is 348 g/mol. The van der Waals surface area contributed by atoms with Gasteiger partial charge in [-0.2, -0.15) is 0 Å². The van der Waals surface area contributed by atoms with E-state index in [-0.39, 0.29) is 0 Å². The Morgan fingerprint density at radius 3 is 2.65 bits per heavy atom. The molecule has 2 aromatic heterocycles. The summed E-state index contributed by atoms with van der Waals surface area (Å²) in [6.45, 7) is 1.54. The van der Waals surface area contributed by atoms with Crippen molar-refractivity contribution < 1.29 is 4.52 Å². The fourth-order valence-corrected chi connectivity index (χ4v) is 3.46. The van der Waals surface area contributed by atoms with Crippen LogP contribution in [0, 0.1) is 0 Å². The SMILES string of the molecule is Clc1ccc(-c2onc3c2CN(c2cnc4ccccc4n2)CC3)cc1. The van der Waals surface area contributed by atoms with Gasteiger partial charge < -0.3 is 9.42 Å². The van der Waals surface area contributed by atoms with Crippen molar-refractivity contribution in [1.82, 2.24) is 15.1 Å². The first kappa shape index (κ1) is 15.3. The van der Waals surface area contributed by atoms with Crippen LogP contribution in [0.25, 0.3) is 22.4 Å². The van der Waals surface area contributed by atoms with Gasteiger partial charge in [0.05, 0.1) is 29.5 Å².